The van der Waals surface area contributed by atoms with Gasteiger partial charge in [-0.15, -0.1) is 0 Å². The smallest absolute Gasteiger partial charge is 0.176 e. The van der Waals surface area contributed by atoms with Crippen molar-refractivity contribution in [2.24, 2.45) is 5.92 Å². The minimum atomic E-state index is 0.127. The first-order valence-electron chi connectivity index (χ1n) is 7.13. The number of carbonyl (C=O) groups excluding carboxylic acids is 1. The molecule has 2 rings (SSSR count). The second-order valence-corrected chi connectivity index (χ2v) is 6.10. The van der Waals surface area contributed by atoms with Gasteiger partial charge in [-0.2, -0.15) is 0 Å². The third-order valence-corrected chi connectivity index (χ3v) is 4.30. The molecule has 0 aromatic heterocycles. The second kappa shape index (κ2) is 6.59. The summed E-state index contributed by atoms with van der Waals surface area (Å²) in [6.45, 7) is 5.93. The van der Waals surface area contributed by atoms with Crippen molar-refractivity contribution in [1.82, 2.24) is 4.90 Å². The van der Waals surface area contributed by atoms with Crippen LogP contribution in [0.5, 0.6) is 5.75 Å². The molecule has 1 saturated heterocycles. The molecule has 0 aliphatic carbocycles. The number of ether oxygens (including phenoxy) is 1. The van der Waals surface area contributed by atoms with Gasteiger partial charge in [0.15, 0.2) is 5.78 Å². The van der Waals surface area contributed by atoms with Gasteiger partial charge in [-0.3, -0.25) is 9.69 Å². The van der Waals surface area contributed by atoms with Crippen LogP contribution in [0, 0.1) is 5.92 Å². The third-order valence-electron chi connectivity index (χ3n) is 4.00. The van der Waals surface area contributed by atoms with Crippen LogP contribution < -0.4 is 4.74 Å². The van der Waals surface area contributed by atoms with E-state index in [1.807, 2.05) is 0 Å². The quantitative estimate of drug-likeness (QED) is 0.777. The average Bonchev–Trinajstić information content (AvgIpc) is 2.86. The number of carbonyl (C=O) groups is 1. The fraction of sp³-hybridized carbons (Fsp3) is 0.562. The summed E-state index contributed by atoms with van der Waals surface area (Å²) >= 11 is 6.08. The Balaban J connectivity index is 2.06. The van der Waals surface area contributed by atoms with E-state index in [2.05, 4.69) is 18.7 Å². The normalized spacial score (nSPS) is 19.6. The molecule has 1 aliphatic heterocycles. The van der Waals surface area contributed by atoms with E-state index in [1.54, 1.807) is 25.3 Å². The molecule has 1 aromatic carbocycles. The lowest BCUT2D eigenvalue weighted by Crippen LogP contribution is -2.37. The summed E-state index contributed by atoms with van der Waals surface area (Å²) in [6, 6.07) is 5.75. The van der Waals surface area contributed by atoms with Crippen LogP contribution in [-0.2, 0) is 0 Å². The van der Waals surface area contributed by atoms with Gasteiger partial charge in [-0.05, 0) is 43.5 Å². The Morgan fingerprint density at radius 1 is 1.50 bits per heavy atom. The number of hydrogen-bond acceptors (Lipinski definition) is 3. The van der Waals surface area contributed by atoms with Crippen LogP contribution in [0.1, 0.15) is 37.0 Å². The first-order valence-corrected chi connectivity index (χ1v) is 7.51. The number of Topliss-reactive ketones (excluding diaryl/α,β-unsaturated/α-hetero) is 1. The lowest BCUT2D eigenvalue weighted by molar-refractivity contribution is 0.0904. The van der Waals surface area contributed by atoms with Gasteiger partial charge in [0.05, 0.1) is 18.7 Å². The summed E-state index contributed by atoms with van der Waals surface area (Å²) in [7, 11) is 1.57. The van der Waals surface area contributed by atoms with Crippen LogP contribution >= 0.6 is 11.6 Å². The predicted octanol–water partition coefficient (Wildman–Crippen LogP) is 3.65. The highest BCUT2D eigenvalue weighted by Gasteiger charge is 2.28. The fourth-order valence-corrected chi connectivity index (χ4v) is 3.18. The number of rotatable bonds is 5. The van der Waals surface area contributed by atoms with Crippen LogP contribution in [-0.4, -0.2) is 36.9 Å². The summed E-state index contributed by atoms with van der Waals surface area (Å²) in [5.74, 6) is 1.32. The Morgan fingerprint density at radius 3 is 2.85 bits per heavy atom. The van der Waals surface area contributed by atoms with E-state index in [4.69, 9.17) is 16.3 Å². The molecule has 0 amide bonds. The third kappa shape index (κ3) is 3.33. The summed E-state index contributed by atoms with van der Waals surface area (Å²) in [4.78, 5) is 14.7. The summed E-state index contributed by atoms with van der Waals surface area (Å²) in [5, 5.41) is 0.486. The van der Waals surface area contributed by atoms with Crippen LogP contribution in [0.25, 0.3) is 0 Å². The van der Waals surface area contributed by atoms with Crippen LogP contribution in [0.15, 0.2) is 18.2 Å². The van der Waals surface area contributed by atoms with Crippen molar-refractivity contribution in [2.75, 3.05) is 20.2 Å². The van der Waals surface area contributed by atoms with Crippen molar-refractivity contribution in [3.63, 3.8) is 0 Å². The number of ketones is 1. The highest BCUT2D eigenvalue weighted by molar-refractivity contribution is 6.32. The molecule has 1 heterocycles. The molecule has 0 bridgehead atoms. The first-order chi connectivity index (χ1) is 9.52. The molecule has 0 radical (unpaired) electrons. The van der Waals surface area contributed by atoms with E-state index < -0.39 is 0 Å². The van der Waals surface area contributed by atoms with E-state index in [1.165, 1.54) is 12.8 Å². The van der Waals surface area contributed by atoms with Gasteiger partial charge >= 0.3 is 0 Å². The van der Waals surface area contributed by atoms with Crippen molar-refractivity contribution < 1.29 is 9.53 Å². The molecule has 110 valence electrons. The van der Waals surface area contributed by atoms with Crippen molar-refractivity contribution in [3.8, 4) is 5.75 Å². The summed E-state index contributed by atoms with van der Waals surface area (Å²) < 4.78 is 5.11. The molecule has 4 heteroatoms. The van der Waals surface area contributed by atoms with Crippen molar-refractivity contribution in [2.45, 2.75) is 32.7 Å². The summed E-state index contributed by atoms with van der Waals surface area (Å²) in [5.41, 5.74) is 0.658. The van der Waals surface area contributed by atoms with Gasteiger partial charge in [0.2, 0.25) is 0 Å². The number of benzene rings is 1. The largest absolute Gasteiger partial charge is 0.495 e. The highest BCUT2D eigenvalue weighted by atomic mass is 35.5. The maximum absolute atomic E-state index is 12.4. The van der Waals surface area contributed by atoms with Crippen molar-refractivity contribution in [1.29, 1.82) is 0 Å². The first kappa shape index (κ1) is 15.3. The van der Waals surface area contributed by atoms with Gasteiger partial charge in [0.25, 0.3) is 0 Å². The van der Waals surface area contributed by atoms with E-state index in [0.29, 0.717) is 34.8 Å². The number of hydrogen-bond donors (Lipinski definition) is 0. The minimum absolute atomic E-state index is 0.127. The standard InChI is InChI=1S/C16H22ClNO2/c1-11(2)14-5-4-8-18(14)10-15(19)12-6-7-16(20-3)13(17)9-12/h6-7,9,11,14H,4-5,8,10H2,1-3H3. The Hall–Kier alpha value is -1.06. The zero-order valence-electron chi connectivity index (χ0n) is 12.4. The lowest BCUT2D eigenvalue weighted by atomic mass is 10.0. The SMILES string of the molecule is COc1ccc(C(=O)CN2CCCC2C(C)C)cc1Cl. The van der Waals surface area contributed by atoms with E-state index >= 15 is 0 Å². The van der Waals surface area contributed by atoms with Crippen molar-refractivity contribution >= 4 is 17.4 Å². The molecule has 0 saturated carbocycles. The Bertz CT molecular complexity index is 487. The van der Waals surface area contributed by atoms with E-state index in [-0.39, 0.29) is 5.78 Å². The molecule has 1 atom stereocenters. The molecule has 1 fully saturated rings. The maximum Gasteiger partial charge on any atom is 0.176 e. The molecule has 0 N–H and O–H groups in total. The van der Waals surface area contributed by atoms with Gasteiger partial charge < -0.3 is 4.74 Å². The minimum Gasteiger partial charge on any atom is -0.495 e. The number of likely N-dealkylation sites (tertiary alicyclic amines) is 1. The van der Waals surface area contributed by atoms with Gasteiger partial charge in [0, 0.05) is 11.6 Å². The molecule has 1 aliphatic rings. The number of halogens is 1. The van der Waals surface area contributed by atoms with E-state index in [9.17, 15) is 4.79 Å². The van der Waals surface area contributed by atoms with Gasteiger partial charge in [-0.25, -0.2) is 0 Å². The fourth-order valence-electron chi connectivity index (χ4n) is 2.92. The van der Waals surface area contributed by atoms with E-state index in [0.717, 1.165) is 6.54 Å². The topological polar surface area (TPSA) is 29.5 Å². The van der Waals surface area contributed by atoms with Crippen LogP contribution in [0.2, 0.25) is 5.02 Å². The summed E-state index contributed by atoms with van der Waals surface area (Å²) in [6.07, 6.45) is 2.37. The highest BCUT2D eigenvalue weighted by Crippen LogP contribution is 2.27. The molecule has 0 spiro atoms. The average molecular weight is 296 g/mol. The maximum atomic E-state index is 12.4. The van der Waals surface area contributed by atoms with Crippen LogP contribution in [0.4, 0.5) is 0 Å². The number of nitrogens with zero attached hydrogens (tertiary/aromatic N) is 1. The Kier molecular flexibility index (Phi) is 5.06. The second-order valence-electron chi connectivity index (χ2n) is 5.70. The zero-order valence-corrected chi connectivity index (χ0v) is 13.1. The molecule has 1 aromatic rings. The molecule has 3 nitrogen and oxygen atoms in total. The zero-order chi connectivity index (χ0) is 14.7. The lowest BCUT2D eigenvalue weighted by Gasteiger charge is -2.26. The van der Waals surface area contributed by atoms with Crippen molar-refractivity contribution in [3.05, 3.63) is 28.8 Å². The number of methoxy groups -OCH3 is 1. The molecule has 1 unspecified atom stereocenters. The van der Waals surface area contributed by atoms with Crippen LogP contribution in [0.3, 0.4) is 0 Å². The molecular weight excluding hydrogens is 274 g/mol. The van der Waals surface area contributed by atoms with Gasteiger partial charge in [0.1, 0.15) is 5.75 Å². The Labute approximate surface area is 125 Å². The molecule has 20 heavy (non-hydrogen) atoms. The predicted molar refractivity (Wildman–Crippen MR) is 81.8 cm³/mol. The van der Waals surface area contributed by atoms with Gasteiger partial charge in [-0.1, -0.05) is 25.4 Å². The Morgan fingerprint density at radius 2 is 2.25 bits per heavy atom. The molecular formula is C16H22ClNO2. The monoisotopic (exact) mass is 295 g/mol.